The molecular formula is C25H24N4O2S. The van der Waals surface area contributed by atoms with E-state index in [-0.39, 0.29) is 24.1 Å². The summed E-state index contributed by atoms with van der Waals surface area (Å²) in [6, 6.07) is 14.5. The van der Waals surface area contributed by atoms with E-state index >= 15 is 0 Å². The van der Waals surface area contributed by atoms with Crippen molar-refractivity contribution in [3.63, 3.8) is 0 Å². The van der Waals surface area contributed by atoms with E-state index in [2.05, 4.69) is 29.4 Å². The van der Waals surface area contributed by atoms with Crippen molar-refractivity contribution in [1.29, 1.82) is 0 Å². The first kappa shape index (κ1) is 19.6. The largest absolute Gasteiger partial charge is 0.393 e. The molecule has 162 valence electrons. The van der Waals surface area contributed by atoms with E-state index in [1.807, 2.05) is 39.4 Å². The highest BCUT2D eigenvalue weighted by Crippen LogP contribution is 2.37. The second-order valence-corrected chi connectivity index (χ2v) is 9.73. The molecule has 0 radical (unpaired) electrons. The number of fused-ring (bicyclic) bond motifs is 3. The van der Waals surface area contributed by atoms with Crippen LogP contribution in [-0.2, 0) is 6.42 Å². The number of piperidine rings is 1. The van der Waals surface area contributed by atoms with E-state index in [9.17, 15) is 9.90 Å². The quantitative estimate of drug-likeness (QED) is 0.512. The van der Waals surface area contributed by atoms with Crippen molar-refractivity contribution >= 4 is 27.5 Å². The molecule has 5 heterocycles. The SMILES string of the molecule is O=C(c1cc(Cc2ccc(-n3cccn3)cc2)c2sccc2n1)N1[C@@H]2CC[C@H]1CC(O)C2. The van der Waals surface area contributed by atoms with Crippen LogP contribution in [0.4, 0.5) is 0 Å². The summed E-state index contributed by atoms with van der Waals surface area (Å²) >= 11 is 1.67. The first-order chi connectivity index (χ1) is 15.7. The van der Waals surface area contributed by atoms with Gasteiger partial charge in [-0.2, -0.15) is 5.10 Å². The molecule has 0 saturated carbocycles. The van der Waals surface area contributed by atoms with E-state index in [0.29, 0.717) is 18.5 Å². The topological polar surface area (TPSA) is 71.2 Å². The summed E-state index contributed by atoms with van der Waals surface area (Å²) in [5, 5.41) is 16.4. The van der Waals surface area contributed by atoms with Crippen LogP contribution in [-0.4, -0.2) is 48.9 Å². The molecule has 2 saturated heterocycles. The van der Waals surface area contributed by atoms with Crippen LogP contribution in [0, 0.1) is 0 Å². The molecule has 3 atom stereocenters. The molecular weight excluding hydrogens is 420 g/mol. The zero-order chi connectivity index (χ0) is 21.7. The van der Waals surface area contributed by atoms with Crippen LogP contribution >= 0.6 is 11.3 Å². The Labute approximate surface area is 190 Å². The number of aliphatic hydroxyl groups excluding tert-OH is 1. The minimum atomic E-state index is -0.288. The van der Waals surface area contributed by atoms with Crippen molar-refractivity contribution in [2.75, 3.05) is 0 Å². The summed E-state index contributed by atoms with van der Waals surface area (Å²) in [7, 11) is 0. The van der Waals surface area contributed by atoms with Crippen LogP contribution in [0.2, 0.25) is 0 Å². The fourth-order valence-electron chi connectivity index (χ4n) is 5.28. The average Bonchev–Trinajstić information content (AvgIpc) is 3.54. The zero-order valence-electron chi connectivity index (χ0n) is 17.6. The predicted molar refractivity (Wildman–Crippen MR) is 124 cm³/mol. The van der Waals surface area contributed by atoms with Crippen molar-refractivity contribution in [2.24, 2.45) is 0 Å². The molecule has 4 aromatic rings. The standard InChI is InChI=1S/C25H24N4O2S/c30-21-14-19-6-7-20(15-21)29(19)25(31)23-13-17(24-22(27-23)8-11-32-24)12-16-2-4-18(5-3-16)28-10-1-9-26-28/h1-5,8-11,13,19-21,30H,6-7,12,14-15H2/t19-,20+,21?. The maximum atomic E-state index is 13.5. The highest BCUT2D eigenvalue weighted by atomic mass is 32.1. The van der Waals surface area contributed by atoms with Gasteiger partial charge in [-0.1, -0.05) is 12.1 Å². The number of carbonyl (C=O) groups excluding carboxylic acids is 1. The summed E-state index contributed by atoms with van der Waals surface area (Å²) in [5.74, 6) is 0.00720. The Bertz CT molecular complexity index is 1250. The molecule has 3 aromatic heterocycles. The van der Waals surface area contributed by atoms with Gasteiger partial charge in [-0.15, -0.1) is 11.3 Å². The van der Waals surface area contributed by atoms with Gasteiger partial charge >= 0.3 is 0 Å². The molecule has 0 spiro atoms. The molecule has 6 rings (SSSR count). The van der Waals surface area contributed by atoms with Gasteiger partial charge in [0.05, 0.1) is 22.0 Å². The van der Waals surface area contributed by atoms with Gasteiger partial charge in [0.25, 0.3) is 5.91 Å². The highest BCUT2D eigenvalue weighted by molar-refractivity contribution is 7.17. The number of nitrogens with zero attached hydrogens (tertiary/aromatic N) is 4. The van der Waals surface area contributed by atoms with Gasteiger partial charge in [-0.25, -0.2) is 9.67 Å². The van der Waals surface area contributed by atoms with E-state index in [0.717, 1.165) is 40.7 Å². The average molecular weight is 445 g/mol. The first-order valence-corrected chi connectivity index (χ1v) is 12.0. The minimum Gasteiger partial charge on any atom is -0.393 e. The molecule has 2 aliphatic heterocycles. The fraction of sp³-hybridized carbons (Fsp3) is 0.320. The lowest BCUT2D eigenvalue weighted by molar-refractivity contribution is 0.0283. The predicted octanol–water partition coefficient (Wildman–Crippen LogP) is 4.20. The molecule has 2 bridgehead atoms. The second-order valence-electron chi connectivity index (χ2n) is 8.82. The molecule has 2 aliphatic rings. The van der Waals surface area contributed by atoms with Gasteiger partial charge in [0.1, 0.15) is 5.69 Å². The number of hydrogen-bond donors (Lipinski definition) is 1. The van der Waals surface area contributed by atoms with Crippen LogP contribution in [0.3, 0.4) is 0 Å². The minimum absolute atomic E-state index is 0.00720. The number of benzene rings is 1. The summed E-state index contributed by atoms with van der Waals surface area (Å²) in [4.78, 5) is 20.2. The van der Waals surface area contributed by atoms with Crippen LogP contribution in [0.15, 0.2) is 60.2 Å². The third-order valence-corrected chi connectivity index (χ3v) is 7.73. The Morgan fingerprint density at radius 1 is 1.12 bits per heavy atom. The number of hydrogen-bond acceptors (Lipinski definition) is 5. The van der Waals surface area contributed by atoms with E-state index in [1.54, 1.807) is 17.5 Å². The summed E-state index contributed by atoms with van der Waals surface area (Å²) < 4.78 is 2.98. The number of carbonyl (C=O) groups is 1. The normalized spacial score (nSPS) is 22.5. The summed E-state index contributed by atoms with van der Waals surface area (Å²) in [6.45, 7) is 0. The number of thiophene rings is 1. The van der Waals surface area contributed by atoms with Crippen LogP contribution in [0.1, 0.15) is 47.3 Å². The van der Waals surface area contributed by atoms with E-state index in [1.165, 1.54) is 5.56 Å². The lowest BCUT2D eigenvalue weighted by atomic mass is 9.99. The molecule has 1 amide bonds. The third-order valence-electron chi connectivity index (χ3n) is 6.75. The third kappa shape index (κ3) is 3.42. The molecule has 1 N–H and O–H groups in total. The van der Waals surface area contributed by atoms with Crippen molar-refractivity contribution in [1.82, 2.24) is 19.7 Å². The first-order valence-electron chi connectivity index (χ1n) is 11.1. The van der Waals surface area contributed by atoms with Crippen molar-refractivity contribution in [3.8, 4) is 5.69 Å². The number of aliphatic hydroxyl groups is 1. The maximum Gasteiger partial charge on any atom is 0.272 e. The molecule has 2 fully saturated rings. The number of aromatic nitrogens is 3. The van der Waals surface area contributed by atoms with Gasteiger partial charge in [0, 0.05) is 24.5 Å². The molecule has 1 aromatic carbocycles. The van der Waals surface area contributed by atoms with Crippen molar-refractivity contribution < 1.29 is 9.90 Å². The fourth-order valence-corrected chi connectivity index (χ4v) is 6.13. The number of amides is 1. The molecule has 7 heteroatoms. The lowest BCUT2D eigenvalue weighted by Gasteiger charge is -2.37. The zero-order valence-corrected chi connectivity index (χ0v) is 18.4. The Morgan fingerprint density at radius 2 is 1.91 bits per heavy atom. The van der Waals surface area contributed by atoms with Crippen LogP contribution in [0.5, 0.6) is 0 Å². The maximum absolute atomic E-state index is 13.5. The Balaban J connectivity index is 1.31. The molecule has 6 nitrogen and oxygen atoms in total. The highest BCUT2D eigenvalue weighted by Gasteiger charge is 2.43. The Hall–Kier alpha value is -3.03. The Morgan fingerprint density at radius 3 is 2.62 bits per heavy atom. The van der Waals surface area contributed by atoms with E-state index in [4.69, 9.17) is 4.98 Å². The number of pyridine rings is 1. The van der Waals surface area contributed by atoms with Gasteiger partial charge in [-0.3, -0.25) is 4.79 Å². The molecule has 0 aliphatic carbocycles. The van der Waals surface area contributed by atoms with Crippen LogP contribution in [0.25, 0.3) is 15.9 Å². The molecule has 1 unspecified atom stereocenters. The van der Waals surface area contributed by atoms with Crippen LogP contribution < -0.4 is 0 Å². The van der Waals surface area contributed by atoms with Gasteiger partial charge in [-0.05, 0) is 78.9 Å². The van der Waals surface area contributed by atoms with E-state index < -0.39 is 0 Å². The van der Waals surface area contributed by atoms with Crippen molar-refractivity contribution in [3.05, 3.63) is 77.1 Å². The van der Waals surface area contributed by atoms with Gasteiger partial charge < -0.3 is 10.0 Å². The van der Waals surface area contributed by atoms with Crippen molar-refractivity contribution in [2.45, 2.75) is 50.3 Å². The number of rotatable bonds is 4. The lowest BCUT2D eigenvalue weighted by Crippen LogP contribution is -2.48. The smallest absolute Gasteiger partial charge is 0.272 e. The second kappa shape index (κ2) is 7.83. The van der Waals surface area contributed by atoms with Gasteiger partial charge in [0.2, 0.25) is 0 Å². The Kier molecular flexibility index (Phi) is 4.81. The molecule has 32 heavy (non-hydrogen) atoms. The summed E-state index contributed by atoms with van der Waals surface area (Å²) in [6.07, 6.45) is 7.46. The van der Waals surface area contributed by atoms with Gasteiger partial charge in [0.15, 0.2) is 0 Å². The summed E-state index contributed by atoms with van der Waals surface area (Å²) in [5.41, 5.74) is 4.74. The monoisotopic (exact) mass is 444 g/mol.